The van der Waals surface area contributed by atoms with Crippen LogP contribution in [0.1, 0.15) is 80.6 Å². The van der Waals surface area contributed by atoms with Gasteiger partial charge in [-0.3, -0.25) is 0 Å². The molecule has 0 N–H and O–H groups in total. The first-order valence-corrected chi connectivity index (χ1v) is 25.5. The number of hydrogen-bond acceptors (Lipinski definition) is 1. The second-order valence-electron chi connectivity index (χ2n) is 20.8. The van der Waals surface area contributed by atoms with E-state index in [4.69, 9.17) is 0 Å². The molecule has 0 saturated carbocycles. The number of nitrogens with zero attached hydrogens (tertiary/aromatic N) is 1. The molecule has 80 heavy (non-hydrogen) atoms. The normalized spacial score (nSPS) is 16.8. The zero-order chi connectivity index (χ0) is 55.9. The van der Waals surface area contributed by atoms with Crippen molar-refractivity contribution >= 4 is 29.2 Å². The van der Waals surface area contributed by atoms with E-state index in [1.54, 1.807) is 151 Å². The first-order valence-electron chi connectivity index (χ1n) is 25.5. The molecule has 0 aliphatic heterocycles. The minimum Gasteiger partial charge on any atom is -0.310 e. The fourth-order valence-corrected chi connectivity index (χ4v) is 13.1. The third-order valence-corrected chi connectivity index (χ3v) is 16.7. The molecule has 2 unspecified atom stereocenters. The molecule has 3 aliphatic carbocycles. The summed E-state index contributed by atoms with van der Waals surface area (Å²) in [6.45, 7) is 11.9. The lowest BCUT2D eigenvalue weighted by molar-refractivity contribution is 0.363. The van der Waals surface area contributed by atoms with Crippen molar-refractivity contribution in [2.24, 2.45) is 0 Å². The summed E-state index contributed by atoms with van der Waals surface area (Å²) in [6.07, 6.45) is 3.09. The average molecular weight is 1070 g/mol. The van der Waals surface area contributed by atoms with Gasteiger partial charge in [0, 0.05) is 33.6 Å². The molecule has 0 amide bonds. The Morgan fingerprint density at radius 2 is 0.600 bits per heavy atom. The molecule has 10 aromatic rings. The fourth-order valence-electron chi connectivity index (χ4n) is 13.1. The van der Waals surface area contributed by atoms with Crippen molar-refractivity contribution in [3.05, 3.63) is 314 Å². The number of rotatable bonds is 9. The monoisotopic (exact) mass is 1070 g/mol. The molecule has 11 heteroatoms. The van der Waals surface area contributed by atoms with Crippen molar-refractivity contribution < 1.29 is 43.9 Å². The van der Waals surface area contributed by atoms with E-state index in [0.29, 0.717) is 39.1 Å². The van der Waals surface area contributed by atoms with E-state index < -0.39 is 85.5 Å². The second-order valence-corrected chi connectivity index (χ2v) is 20.8. The van der Waals surface area contributed by atoms with Crippen LogP contribution in [0.2, 0.25) is 0 Å². The zero-order valence-electron chi connectivity index (χ0n) is 42.5. The van der Waals surface area contributed by atoms with E-state index in [1.807, 2.05) is 42.5 Å². The largest absolute Gasteiger partial charge is 0.310 e. The number of benzene rings is 10. The highest BCUT2D eigenvalue weighted by atomic mass is 19.2. The summed E-state index contributed by atoms with van der Waals surface area (Å²) in [5.41, 5.74) is 1.62. The maximum Gasteiger partial charge on any atom is 0.200 e. The third-order valence-electron chi connectivity index (χ3n) is 16.7. The summed E-state index contributed by atoms with van der Waals surface area (Å²) in [4.78, 5) is 1.79. The van der Waals surface area contributed by atoms with Gasteiger partial charge < -0.3 is 4.90 Å². The highest BCUT2D eigenvalue weighted by Gasteiger charge is 2.53. The van der Waals surface area contributed by atoms with Crippen LogP contribution in [0, 0.1) is 58.2 Å². The average Bonchev–Trinajstić information content (AvgIpc) is 2.40. The second kappa shape index (κ2) is 17.9. The molecular formula is C69H41F10N. The minimum absolute atomic E-state index is 0.135. The topological polar surface area (TPSA) is 3.24 Å². The van der Waals surface area contributed by atoms with Crippen LogP contribution in [0.15, 0.2) is 189 Å². The lowest BCUT2D eigenvalue weighted by atomic mass is 9.67. The molecule has 0 bridgehead atoms. The Bertz CT molecular complexity index is 4050. The Kier molecular flexibility index (Phi) is 11.3. The van der Waals surface area contributed by atoms with Crippen molar-refractivity contribution in [3.63, 3.8) is 0 Å². The van der Waals surface area contributed by atoms with Gasteiger partial charge in [0.1, 0.15) is 0 Å². The molecule has 392 valence electrons. The summed E-state index contributed by atoms with van der Waals surface area (Å²) in [6, 6.07) is 49.9. The van der Waals surface area contributed by atoms with Gasteiger partial charge in [-0.05, 0) is 125 Å². The summed E-state index contributed by atoms with van der Waals surface area (Å²) in [7, 11) is 0. The number of hydrogen-bond donors (Lipinski definition) is 0. The SMILES string of the molecule is C=Cc1ccc(C2(c3c(F)c(F)c(F)c(F)c3F)c3ccccc3-c3ccc(N(c4ccc5c(c4)C(C)(C)c4ccccc4-5)c4ccc5c(c4)C(c4ccc(C=C)cc4)(c4c(F)c(F)c(F)c(F)c4F)c4ccccc4-5)cc32)cc1. The Morgan fingerprint density at radius 1 is 0.312 bits per heavy atom. The van der Waals surface area contributed by atoms with Crippen LogP contribution >= 0.6 is 0 Å². The summed E-state index contributed by atoms with van der Waals surface area (Å²) < 4.78 is 163. The van der Waals surface area contributed by atoms with Gasteiger partial charge in [0.2, 0.25) is 11.6 Å². The molecule has 0 radical (unpaired) electrons. The predicted molar refractivity (Wildman–Crippen MR) is 293 cm³/mol. The lowest BCUT2D eigenvalue weighted by Crippen LogP contribution is -2.33. The van der Waals surface area contributed by atoms with Crippen LogP contribution in [0.25, 0.3) is 45.5 Å². The summed E-state index contributed by atoms with van der Waals surface area (Å²) >= 11 is 0. The van der Waals surface area contributed by atoms with Crippen molar-refractivity contribution in [3.8, 4) is 33.4 Å². The maximum absolute atomic E-state index is 17.1. The van der Waals surface area contributed by atoms with Gasteiger partial charge in [-0.25, -0.2) is 43.9 Å². The number of halogens is 10. The van der Waals surface area contributed by atoms with Crippen molar-refractivity contribution in [1.82, 2.24) is 0 Å². The molecule has 2 atom stereocenters. The molecule has 1 nitrogen and oxygen atoms in total. The van der Waals surface area contributed by atoms with Crippen molar-refractivity contribution in [2.75, 3.05) is 4.90 Å². The van der Waals surface area contributed by atoms with E-state index in [9.17, 15) is 0 Å². The molecule has 0 spiro atoms. The van der Waals surface area contributed by atoms with E-state index in [1.165, 1.54) is 0 Å². The summed E-state index contributed by atoms with van der Waals surface area (Å²) in [5.74, 6) is -21.4. The van der Waals surface area contributed by atoms with Crippen LogP contribution in [0.4, 0.5) is 61.0 Å². The van der Waals surface area contributed by atoms with Crippen LogP contribution < -0.4 is 4.90 Å². The fraction of sp³-hybridized carbons (Fsp3) is 0.0725. The van der Waals surface area contributed by atoms with E-state index >= 15 is 43.9 Å². The van der Waals surface area contributed by atoms with Gasteiger partial charge in [0.15, 0.2) is 46.5 Å². The van der Waals surface area contributed by atoms with E-state index in [0.717, 1.165) is 22.3 Å². The first kappa shape index (κ1) is 50.3. The van der Waals surface area contributed by atoms with Crippen LogP contribution in [0.5, 0.6) is 0 Å². The van der Waals surface area contributed by atoms with Gasteiger partial charge in [0.05, 0.1) is 10.8 Å². The van der Waals surface area contributed by atoms with Crippen LogP contribution in [-0.2, 0) is 16.2 Å². The third kappa shape index (κ3) is 6.60. The molecule has 0 saturated heterocycles. The van der Waals surface area contributed by atoms with E-state index in [2.05, 4.69) is 27.0 Å². The number of anilines is 3. The van der Waals surface area contributed by atoms with Crippen LogP contribution in [0.3, 0.4) is 0 Å². The Balaban J connectivity index is 1.15. The quantitative estimate of drug-likeness (QED) is 0.0791. The molecule has 3 aliphatic rings. The molecule has 0 aromatic heterocycles. The van der Waals surface area contributed by atoms with Gasteiger partial charge in [0.25, 0.3) is 0 Å². The van der Waals surface area contributed by atoms with Crippen LogP contribution in [-0.4, -0.2) is 0 Å². The molecule has 0 fully saturated rings. The van der Waals surface area contributed by atoms with Gasteiger partial charge in [-0.2, -0.15) is 0 Å². The first-order chi connectivity index (χ1) is 38.5. The minimum atomic E-state index is -2.33. The molecular weight excluding hydrogens is 1030 g/mol. The maximum atomic E-state index is 17.1. The summed E-state index contributed by atoms with van der Waals surface area (Å²) in [5, 5.41) is 0. The smallest absolute Gasteiger partial charge is 0.200 e. The predicted octanol–water partition coefficient (Wildman–Crippen LogP) is 18.9. The van der Waals surface area contributed by atoms with Crippen molar-refractivity contribution in [2.45, 2.75) is 30.1 Å². The van der Waals surface area contributed by atoms with Gasteiger partial charge >= 0.3 is 0 Å². The lowest BCUT2D eigenvalue weighted by Gasteiger charge is -2.36. The standard InChI is InChI=1S/C69H41F10N/c1-5-36-19-23-38(24-20-36)68(55-57(70)61(74)65(78)62(75)58(55)71)50-17-11-8-14-44(50)47-31-28-41(34-53(47)68)80(40-27-30-46-43-13-7-10-16-49(43)67(3,4)52(46)33-40)42-29-32-48-45-15-9-12-18-51(45)69(54(48)35-42,39-25-21-37(6-2)22-26-39)56-59(72)63(76)66(79)64(77)60(56)73/h5-35H,1-2H2,3-4H3. The number of fused-ring (bicyclic) bond motifs is 9. The van der Waals surface area contributed by atoms with E-state index in [-0.39, 0.29) is 44.8 Å². The van der Waals surface area contributed by atoms with Gasteiger partial charge in [-0.1, -0.05) is 179 Å². The zero-order valence-corrected chi connectivity index (χ0v) is 42.5. The van der Waals surface area contributed by atoms with Crippen molar-refractivity contribution in [1.29, 1.82) is 0 Å². The molecule has 13 rings (SSSR count). The Labute approximate surface area is 453 Å². The van der Waals surface area contributed by atoms with Gasteiger partial charge in [-0.15, -0.1) is 0 Å². The highest BCUT2D eigenvalue weighted by Crippen LogP contribution is 2.62. The molecule has 10 aromatic carbocycles. The molecule has 0 heterocycles. The Morgan fingerprint density at radius 3 is 0.963 bits per heavy atom. The Hall–Kier alpha value is -9.22. The highest BCUT2D eigenvalue weighted by molar-refractivity contribution is 5.93.